The van der Waals surface area contributed by atoms with Gasteiger partial charge in [0, 0.05) is 56.2 Å². The molecule has 6 rings (SSSR count). The van der Waals surface area contributed by atoms with Crippen LogP contribution < -0.4 is 30.5 Å². The van der Waals surface area contributed by atoms with Gasteiger partial charge >= 0.3 is 6.18 Å². The van der Waals surface area contributed by atoms with Crippen molar-refractivity contribution in [1.82, 2.24) is 20.1 Å². The Morgan fingerprint density at radius 3 is 2.46 bits per heavy atom. The zero-order valence-corrected chi connectivity index (χ0v) is 34.0. The molecule has 3 aromatic rings. The lowest BCUT2D eigenvalue weighted by atomic mass is 9.95. The minimum atomic E-state index is -4.86. The minimum absolute atomic E-state index is 0.0199. The molecular formula is C41H46F3N9O5S. The number of pyridine rings is 1. The highest BCUT2D eigenvalue weighted by atomic mass is 32.1. The zero-order valence-electron chi connectivity index (χ0n) is 33.2. The number of amides is 4. The van der Waals surface area contributed by atoms with Crippen molar-refractivity contribution in [3.05, 3.63) is 71.5 Å². The topological polar surface area (TPSA) is 163 Å². The van der Waals surface area contributed by atoms with Gasteiger partial charge in [0.1, 0.15) is 30.0 Å². The first kappa shape index (κ1) is 43.0. The van der Waals surface area contributed by atoms with E-state index in [1.54, 1.807) is 49.1 Å². The molecule has 312 valence electrons. The Labute approximate surface area is 345 Å². The molecule has 59 heavy (non-hydrogen) atoms. The molecular weight excluding hydrogens is 788 g/mol. The van der Waals surface area contributed by atoms with Crippen molar-refractivity contribution in [2.75, 3.05) is 66.3 Å². The Morgan fingerprint density at radius 2 is 1.78 bits per heavy atom. The lowest BCUT2D eigenvalue weighted by molar-refractivity contribution is -0.138. The summed E-state index contributed by atoms with van der Waals surface area (Å²) in [6.07, 6.45) is -2.37. The number of piperidine rings is 1. The van der Waals surface area contributed by atoms with Gasteiger partial charge in [0.25, 0.3) is 5.91 Å². The number of nitrogens with zero attached hydrogens (tertiary/aromatic N) is 6. The number of ether oxygens (including phenoxy) is 1. The molecule has 3 saturated heterocycles. The van der Waals surface area contributed by atoms with Crippen LogP contribution in [0.15, 0.2) is 54.7 Å². The van der Waals surface area contributed by atoms with Gasteiger partial charge in [0.15, 0.2) is 10.8 Å². The second-order valence-electron chi connectivity index (χ2n) is 15.3. The summed E-state index contributed by atoms with van der Waals surface area (Å²) in [5.41, 5.74) is -0.767. The number of aromatic nitrogens is 1. The maximum absolute atomic E-state index is 13.8. The number of nitriles is 1. The SMILES string of the molecule is CCC(C)c1cc(N2C(=S)N(c3cnc(C#N)c(C(F)(F)F)c3)C(=O)C2(C)C)ccc1OCCN1CCN(CC(=O)Nc2cccc(NC3CCC(=O)NC3=O)c2)CC1. The first-order valence-electron chi connectivity index (χ1n) is 19.4. The van der Waals surface area contributed by atoms with E-state index in [-0.39, 0.29) is 47.4 Å². The quantitative estimate of drug-likeness (QED) is 0.152. The van der Waals surface area contributed by atoms with Crippen LogP contribution in [0.25, 0.3) is 0 Å². The lowest BCUT2D eigenvalue weighted by Crippen LogP contribution is -2.49. The molecule has 4 amide bonds. The number of piperazine rings is 1. The van der Waals surface area contributed by atoms with Crippen molar-refractivity contribution in [3.8, 4) is 11.8 Å². The van der Waals surface area contributed by atoms with Crippen LogP contribution in [0.5, 0.6) is 5.75 Å². The van der Waals surface area contributed by atoms with Gasteiger partial charge in [0.2, 0.25) is 17.7 Å². The van der Waals surface area contributed by atoms with Crippen molar-refractivity contribution in [3.63, 3.8) is 0 Å². The molecule has 2 atom stereocenters. The largest absolute Gasteiger partial charge is 0.492 e. The van der Waals surface area contributed by atoms with Gasteiger partial charge in [-0.15, -0.1) is 0 Å². The first-order valence-corrected chi connectivity index (χ1v) is 19.8. The summed E-state index contributed by atoms with van der Waals surface area (Å²) in [5, 5.41) is 17.6. The molecule has 2 aromatic carbocycles. The van der Waals surface area contributed by atoms with E-state index in [9.17, 15) is 37.6 Å². The fourth-order valence-electron chi connectivity index (χ4n) is 7.33. The molecule has 14 nitrogen and oxygen atoms in total. The first-order chi connectivity index (χ1) is 28.0. The number of carbonyl (C=O) groups excluding carboxylic acids is 4. The number of alkyl halides is 3. The van der Waals surface area contributed by atoms with E-state index in [0.717, 1.165) is 42.2 Å². The molecule has 18 heteroatoms. The van der Waals surface area contributed by atoms with E-state index in [1.165, 1.54) is 6.07 Å². The average Bonchev–Trinajstić information content (AvgIpc) is 3.37. The van der Waals surface area contributed by atoms with Crippen LogP contribution in [0.1, 0.15) is 69.7 Å². The van der Waals surface area contributed by atoms with Gasteiger partial charge in [-0.1, -0.05) is 19.9 Å². The Balaban J connectivity index is 1.03. The second kappa shape index (κ2) is 17.7. The Morgan fingerprint density at radius 1 is 1.07 bits per heavy atom. The Bertz CT molecular complexity index is 2170. The van der Waals surface area contributed by atoms with Crippen LogP contribution in [0.2, 0.25) is 0 Å². The number of carbonyl (C=O) groups is 4. The van der Waals surface area contributed by atoms with E-state index >= 15 is 0 Å². The lowest BCUT2D eigenvalue weighted by Gasteiger charge is -2.34. The highest BCUT2D eigenvalue weighted by molar-refractivity contribution is 7.81. The monoisotopic (exact) mass is 833 g/mol. The number of benzene rings is 2. The molecule has 1 aromatic heterocycles. The van der Waals surface area contributed by atoms with Gasteiger partial charge in [-0.2, -0.15) is 18.4 Å². The predicted molar refractivity (Wildman–Crippen MR) is 219 cm³/mol. The van der Waals surface area contributed by atoms with Crippen molar-refractivity contribution in [1.29, 1.82) is 5.26 Å². The standard InChI is InChI=1S/C41H46F3N9O5S/c1-5-25(2)30-20-28(53-39(59)52(38(57)40(53,3)4)29-21-31(41(42,43)44)33(22-45)46-23-29)9-11-34(30)58-18-17-50-13-15-51(16-14-50)24-36(55)48-27-8-6-7-26(19-27)47-32-10-12-35(54)49-37(32)56/h6-9,11,19-21,23,25,32,47H,5,10,12-18,24H2,1-4H3,(H,48,55)(H,49,54,56). The number of halogens is 3. The molecule has 0 saturated carbocycles. The number of anilines is 4. The third-order valence-corrected chi connectivity index (χ3v) is 11.2. The molecule has 0 spiro atoms. The third kappa shape index (κ3) is 9.64. The van der Waals surface area contributed by atoms with Crippen LogP contribution in [0.3, 0.4) is 0 Å². The van der Waals surface area contributed by atoms with Gasteiger partial charge in [0.05, 0.1) is 24.0 Å². The van der Waals surface area contributed by atoms with Crippen molar-refractivity contribution < 1.29 is 37.1 Å². The van der Waals surface area contributed by atoms with Crippen molar-refractivity contribution >= 4 is 63.7 Å². The number of imide groups is 1. The summed E-state index contributed by atoms with van der Waals surface area (Å²) in [6, 6.07) is 14.3. The summed E-state index contributed by atoms with van der Waals surface area (Å²) in [4.78, 5) is 61.0. The van der Waals surface area contributed by atoms with Crippen LogP contribution >= 0.6 is 12.2 Å². The number of hydrogen-bond donors (Lipinski definition) is 3. The maximum Gasteiger partial charge on any atom is 0.419 e. The molecule has 0 aliphatic carbocycles. The van der Waals surface area contributed by atoms with E-state index in [2.05, 4.69) is 37.7 Å². The number of thiocarbonyl (C=S) groups is 1. The van der Waals surface area contributed by atoms with Crippen LogP contribution in [-0.4, -0.2) is 101 Å². The third-order valence-electron chi connectivity index (χ3n) is 10.8. The summed E-state index contributed by atoms with van der Waals surface area (Å²) < 4.78 is 47.7. The fourth-order valence-corrected chi connectivity index (χ4v) is 7.85. The number of hydrogen-bond acceptors (Lipinski definition) is 11. The van der Waals surface area contributed by atoms with E-state index in [4.69, 9.17) is 17.0 Å². The molecule has 4 heterocycles. The van der Waals surface area contributed by atoms with Gasteiger partial charge < -0.3 is 20.3 Å². The fraction of sp³-hybridized carbons (Fsp3) is 0.439. The van der Waals surface area contributed by atoms with Crippen molar-refractivity contribution in [2.45, 2.75) is 70.6 Å². The number of rotatable bonds is 13. The normalized spacial score (nSPS) is 19.3. The average molecular weight is 834 g/mol. The Kier molecular flexibility index (Phi) is 12.9. The van der Waals surface area contributed by atoms with E-state index in [1.807, 2.05) is 19.1 Å². The molecule has 0 bridgehead atoms. The highest BCUT2D eigenvalue weighted by Crippen LogP contribution is 2.41. The zero-order chi connectivity index (χ0) is 42.6. The van der Waals surface area contributed by atoms with Gasteiger partial charge in [-0.3, -0.25) is 39.2 Å². The van der Waals surface area contributed by atoms with E-state index in [0.29, 0.717) is 55.5 Å². The smallest absolute Gasteiger partial charge is 0.419 e. The molecule has 3 N–H and O–H groups in total. The second-order valence-corrected chi connectivity index (χ2v) is 15.7. The minimum Gasteiger partial charge on any atom is -0.492 e. The molecule has 2 unspecified atom stereocenters. The molecule has 3 fully saturated rings. The summed E-state index contributed by atoms with van der Waals surface area (Å²) >= 11 is 5.73. The number of nitrogens with one attached hydrogen (secondary N) is 3. The van der Waals surface area contributed by atoms with Crippen LogP contribution in [0, 0.1) is 11.3 Å². The highest BCUT2D eigenvalue weighted by Gasteiger charge is 2.51. The van der Waals surface area contributed by atoms with Gasteiger partial charge in [-0.05, 0) is 92.9 Å². The van der Waals surface area contributed by atoms with Gasteiger partial charge in [-0.25, -0.2) is 4.98 Å². The van der Waals surface area contributed by atoms with E-state index < -0.39 is 34.9 Å². The summed E-state index contributed by atoms with van der Waals surface area (Å²) in [5.74, 6) is -0.615. The van der Waals surface area contributed by atoms with Crippen LogP contribution in [0.4, 0.5) is 35.9 Å². The van der Waals surface area contributed by atoms with Crippen LogP contribution in [-0.2, 0) is 25.4 Å². The predicted octanol–water partition coefficient (Wildman–Crippen LogP) is 5.25. The maximum atomic E-state index is 13.8. The molecule has 0 radical (unpaired) electrons. The van der Waals surface area contributed by atoms with Crippen molar-refractivity contribution in [2.24, 2.45) is 0 Å². The summed E-state index contributed by atoms with van der Waals surface area (Å²) in [7, 11) is 0. The molecule has 3 aliphatic heterocycles. The Hall–Kier alpha value is -5.64. The summed E-state index contributed by atoms with van der Waals surface area (Å²) in [6.45, 7) is 11.5. The molecule has 3 aliphatic rings.